The maximum absolute atomic E-state index is 12.3. The zero-order valence-corrected chi connectivity index (χ0v) is 13.3. The van der Waals surface area contributed by atoms with Crippen LogP contribution in [0.25, 0.3) is 0 Å². The van der Waals surface area contributed by atoms with Gasteiger partial charge in [-0.25, -0.2) is 13.1 Å². The van der Waals surface area contributed by atoms with Gasteiger partial charge in [-0.05, 0) is 38.1 Å². The Bertz CT molecular complexity index is 411. The van der Waals surface area contributed by atoms with Crippen molar-refractivity contribution < 1.29 is 13.2 Å². The maximum Gasteiger partial charge on any atom is 0.223 e. The number of nitrogens with one attached hydrogen (secondary N) is 1. The summed E-state index contributed by atoms with van der Waals surface area (Å²) in [5.74, 6) is 0.339. The lowest BCUT2D eigenvalue weighted by molar-refractivity contribution is -0.135. The number of carbonyl (C=O) groups excluding carboxylic acids is 1. The van der Waals surface area contributed by atoms with Crippen LogP contribution in [0.4, 0.5) is 0 Å². The molecular formula is C13H27N3O3S. The number of nitrogens with zero attached hydrogens (tertiary/aromatic N) is 1. The largest absolute Gasteiger partial charge is 0.340 e. The summed E-state index contributed by atoms with van der Waals surface area (Å²) in [4.78, 5) is 14.2. The van der Waals surface area contributed by atoms with Gasteiger partial charge >= 0.3 is 0 Å². The second-order valence-electron chi connectivity index (χ2n) is 5.74. The van der Waals surface area contributed by atoms with Gasteiger partial charge < -0.3 is 10.6 Å². The van der Waals surface area contributed by atoms with Crippen LogP contribution < -0.4 is 10.5 Å². The van der Waals surface area contributed by atoms with Crippen LogP contribution in [0.1, 0.15) is 39.0 Å². The number of amides is 1. The Hall–Kier alpha value is -0.660. The second kappa shape index (κ2) is 7.95. The Morgan fingerprint density at radius 1 is 1.45 bits per heavy atom. The summed E-state index contributed by atoms with van der Waals surface area (Å²) in [5, 5.41) is 0. The molecule has 0 aromatic carbocycles. The number of likely N-dealkylation sites (tertiary alicyclic amines) is 1. The summed E-state index contributed by atoms with van der Waals surface area (Å²) in [6.45, 7) is 3.65. The molecule has 1 amide bonds. The van der Waals surface area contributed by atoms with Crippen molar-refractivity contribution in [2.24, 2.45) is 11.7 Å². The highest BCUT2D eigenvalue weighted by Crippen LogP contribution is 2.21. The van der Waals surface area contributed by atoms with Crippen molar-refractivity contribution in [3.05, 3.63) is 0 Å². The molecule has 1 heterocycles. The maximum atomic E-state index is 12.3. The Kier molecular flexibility index (Phi) is 6.91. The standard InChI is InChI=1S/C13H27N3O3S/c1-11(10-14)9-13(17)16-8-4-3-5-12(16)6-7-15-20(2,18)19/h11-12,15H,3-10,14H2,1-2H3. The summed E-state index contributed by atoms with van der Waals surface area (Å²) in [7, 11) is -3.16. The summed E-state index contributed by atoms with van der Waals surface area (Å²) in [5.41, 5.74) is 5.57. The molecule has 1 aliphatic rings. The van der Waals surface area contributed by atoms with E-state index < -0.39 is 10.0 Å². The highest BCUT2D eigenvalue weighted by Gasteiger charge is 2.27. The van der Waals surface area contributed by atoms with Crippen molar-refractivity contribution in [1.29, 1.82) is 0 Å². The van der Waals surface area contributed by atoms with Gasteiger partial charge in [0, 0.05) is 25.6 Å². The fraction of sp³-hybridized carbons (Fsp3) is 0.923. The normalized spacial score (nSPS) is 21.8. The minimum Gasteiger partial charge on any atom is -0.340 e. The number of sulfonamides is 1. The number of carbonyl (C=O) groups is 1. The molecule has 0 saturated carbocycles. The SMILES string of the molecule is CC(CN)CC(=O)N1CCCCC1CCNS(C)(=O)=O. The number of nitrogens with two attached hydrogens (primary N) is 1. The molecule has 2 atom stereocenters. The van der Waals surface area contributed by atoms with Gasteiger partial charge in [0.25, 0.3) is 0 Å². The molecule has 0 bridgehead atoms. The molecule has 118 valence electrons. The first-order valence-electron chi connectivity index (χ1n) is 7.27. The molecule has 0 aromatic rings. The van der Waals surface area contributed by atoms with E-state index in [0.717, 1.165) is 32.1 Å². The lowest BCUT2D eigenvalue weighted by Crippen LogP contribution is -2.45. The fourth-order valence-corrected chi connectivity index (χ4v) is 3.03. The van der Waals surface area contributed by atoms with Crippen molar-refractivity contribution in [1.82, 2.24) is 9.62 Å². The molecule has 1 fully saturated rings. The zero-order chi connectivity index (χ0) is 15.2. The minimum atomic E-state index is -3.16. The zero-order valence-electron chi connectivity index (χ0n) is 12.5. The third-order valence-corrected chi connectivity index (χ3v) is 4.44. The number of hydrogen-bond acceptors (Lipinski definition) is 4. The van der Waals surface area contributed by atoms with Crippen molar-refractivity contribution in [3.63, 3.8) is 0 Å². The molecule has 2 unspecified atom stereocenters. The van der Waals surface area contributed by atoms with E-state index in [1.54, 1.807) is 0 Å². The summed E-state index contributed by atoms with van der Waals surface area (Å²) >= 11 is 0. The van der Waals surface area contributed by atoms with Gasteiger partial charge in [0.05, 0.1) is 6.26 Å². The first kappa shape index (κ1) is 17.4. The number of hydrogen-bond donors (Lipinski definition) is 2. The van der Waals surface area contributed by atoms with E-state index in [2.05, 4.69) is 4.72 Å². The molecule has 1 rings (SSSR count). The van der Waals surface area contributed by atoms with Crippen LogP contribution in [0.2, 0.25) is 0 Å². The van der Waals surface area contributed by atoms with Crippen LogP contribution in [0.15, 0.2) is 0 Å². The Labute approximate surface area is 122 Å². The third kappa shape index (κ3) is 6.19. The molecule has 6 nitrogen and oxygen atoms in total. The van der Waals surface area contributed by atoms with Crippen molar-refractivity contribution in [2.75, 3.05) is 25.9 Å². The van der Waals surface area contributed by atoms with E-state index in [1.165, 1.54) is 0 Å². The summed E-state index contributed by atoms with van der Waals surface area (Å²) in [6.07, 6.45) is 5.38. The molecule has 0 spiro atoms. The lowest BCUT2D eigenvalue weighted by Gasteiger charge is -2.36. The molecule has 0 aliphatic carbocycles. The van der Waals surface area contributed by atoms with E-state index >= 15 is 0 Å². The predicted octanol–water partition coefficient (Wildman–Crippen LogP) is 0.292. The number of piperidine rings is 1. The van der Waals surface area contributed by atoms with Gasteiger partial charge in [-0.15, -0.1) is 0 Å². The Balaban J connectivity index is 2.51. The topological polar surface area (TPSA) is 92.5 Å². The predicted molar refractivity (Wildman–Crippen MR) is 79.7 cm³/mol. The molecule has 0 radical (unpaired) electrons. The monoisotopic (exact) mass is 305 g/mol. The summed E-state index contributed by atoms with van der Waals surface area (Å²) in [6, 6.07) is 0.149. The van der Waals surface area contributed by atoms with E-state index in [9.17, 15) is 13.2 Å². The van der Waals surface area contributed by atoms with Crippen molar-refractivity contribution in [2.45, 2.75) is 45.1 Å². The van der Waals surface area contributed by atoms with Crippen LogP contribution in [-0.4, -0.2) is 51.2 Å². The van der Waals surface area contributed by atoms with Crippen LogP contribution >= 0.6 is 0 Å². The number of rotatable bonds is 7. The fourth-order valence-electron chi connectivity index (χ4n) is 2.54. The third-order valence-electron chi connectivity index (χ3n) is 3.71. The average molecular weight is 305 g/mol. The summed E-state index contributed by atoms with van der Waals surface area (Å²) < 4.78 is 24.6. The first-order valence-corrected chi connectivity index (χ1v) is 9.16. The van der Waals surface area contributed by atoms with Gasteiger partial charge in [0.2, 0.25) is 15.9 Å². The van der Waals surface area contributed by atoms with E-state index in [-0.39, 0.29) is 17.9 Å². The molecule has 1 aliphatic heterocycles. The van der Waals surface area contributed by atoms with Crippen molar-refractivity contribution in [3.8, 4) is 0 Å². The van der Waals surface area contributed by atoms with Crippen LogP contribution in [0, 0.1) is 5.92 Å². The lowest BCUT2D eigenvalue weighted by atomic mass is 9.97. The first-order chi connectivity index (χ1) is 9.33. The van der Waals surface area contributed by atoms with Gasteiger partial charge in [-0.1, -0.05) is 6.92 Å². The van der Waals surface area contributed by atoms with E-state index in [4.69, 9.17) is 5.73 Å². The quantitative estimate of drug-likeness (QED) is 0.707. The minimum absolute atomic E-state index is 0.145. The highest BCUT2D eigenvalue weighted by atomic mass is 32.2. The smallest absolute Gasteiger partial charge is 0.223 e. The Morgan fingerprint density at radius 2 is 2.15 bits per heavy atom. The molecule has 7 heteroatoms. The molecule has 20 heavy (non-hydrogen) atoms. The van der Waals surface area contributed by atoms with Crippen LogP contribution in [0.5, 0.6) is 0 Å². The molecule has 1 saturated heterocycles. The molecule has 3 N–H and O–H groups in total. The van der Waals surface area contributed by atoms with E-state index in [1.807, 2.05) is 11.8 Å². The van der Waals surface area contributed by atoms with Crippen LogP contribution in [0.3, 0.4) is 0 Å². The average Bonchev–Trinajstić information content (AvgIpc) is 2.37. The van der Waals surface area contributed by atoms with Gasteiger partial charge in [-0.2, -0.15) is 0 Å². The van der Waals surface area contributed by atoms with E-state index in [0.29, 0.717) is 25.9 Å². The van der Waals surface area contributed by atoms with Crippen LogP contribution in [-0.2, 0) is 14.8 Å². The van der Waals surface area contributed by atoms with Crippen molar-refractivity contribution >= 4 is 15.9 Å². The van der Waals surface area contributed by atoms with Gasteiger partial charge in [-0.3, -0.25) is 4.79 Å². The highest BCUT2D eigenvalue weighted by molar-refractivity contribution is 7.88. The van der Waals surface area contributed by atoms with Gasteiger partial charge in [0.1, 0.15) is 0 Å². The molecule has 0 aromatic heterocycles. The molecular weight excluding hydrogens is 278 g/mol. The Morgan fingerprint density at radius 3 is 2.75 bits per heavy atom. The van der Waals surface area contributed by atoms with Gasteiger partial charge in [0.15, 0.2) is 0 Å². The second-order valence-corrected chi connectivity index (χ2v) is 7.57.